The first kappa shape index (κ1) is 14.2. The smallest absolute Gasteiger partial charge is 0.159 e. The number of carbonyl (C=O) groups excluding carboxylic acids is 1. The van der Waals surface area contributed by atoms with Gasteiger partial charge in [-0.15, -0.1) is 12.4 Å². The lowest BCUT2D eigenvalue weighted by atomic mass is 10.1. The first-order valence-corrected chi connectivity index (χ1v) is 3.88. The maximum atomic E-state index is 11.2. The molecule has 0 aliphatic carbocycles. The van der Waals surface area contributed by atoms with Gasteiger partial charge in [0.05, 0.1) is 0 Å². The normalized spacial score (nSPS) is 11.2. The molecule has 0 saturated heterocycles. The van der Waals surface area contributed by atoms with Crippen LogP contribution in [0, 0.1) is 0 Å². The maximum Gasteiger partial charge on any atom is 0.159 e. The number of halogens is 1. The average molecular weight is 192 g/mol. The molecule has 0 radical (unpaired) electrons. The Balaban J connectivity index is 0. The van der Waals surface area contributed by atoms with E-state index in [0.29, 0.717) is 6.42 Å². The molecule has 3 heteroatoms. The van der Waals surface area contributed by atoms with Crippen molar-refractivity contribution >= 4 is 18.2 Å². The summed E-state index contributed by atoms with van der Waals surface area (Å²) in [5.41, 5.74) is 0.867. The first-order valence-electron chi connectivity index (χ1n) is 3.88. The van der Waals surface area contributed by atoms with Crippen LogP contribution in [0.25, 0.3) is 0 Å². The third-order valence-corrected chi connectivity index (χ3v) is 1.66. The molecule has 2 nitrogen and oxygen atoms in total. The summed E-state index contributed by atoms with van der Waals surface area (Å²) in [6.07, 6.45) is 2.49. The van der Waals surface area contributed by atoms with E-state index in [1.165, 1.54) is 0 Å². The lowest BCUT2D eigenvalue weighted by Crippen LogP contribution is -2.16. The minimum Gasteiger partial charge on any atom is -0.309 e. The average Bonchev–Trinajstić information content (AvgIpc) is 1.98. The molecule has 0 amide bonds. The molecule has 0 aliphatic heterocycles. The van der Waals surface area contributed by atoms with E-state index in [1.807, 2.05) is 38.9 Å². The van der Waals surface area contributed by atoms with Crippen LogP contribution in [0.4, 0.5) is 0 Å². The molecule has 0 aromatic heterocycles. The summed E-state index contributed by atoms with van der Waals surface area (Å²) < 4.78 is 0. The Bertz CT molecular complexity index is 164. The summed E-state index contributed by atoms with van der Waals surface area (Å²) in [7, 11) is 3.94. The van der Waals surface area contributed by atoms with Gasteiger partial charge in [0.15, 0.2) is 5.78 Å². The van der Waals surface area contributed by atoms with Gasteiger partial charge < -0.3 is 4.90 Å². The molecule has 0 bridgehead atoms. The number of allylic oxidation sites excluding steroid dienone is 2. The lowest BCUT2D eigenvalue weighted by Gasteiger charge is -2.07. The van der Waals surface area contributed by atoms with Gasteiger partial charge in [0.1, 0.15) is 0 Å². The summed E-state index contributed by atoms with van der Waals surface area (Å²) in [5.74, 6) is 0.251. The van der Waals surface area contributed by atoms with Gasteiger partial charge in [-0.25, -0.2) is 0 Å². The van der Waals surface area contributed by atoms with E-state index in [9.17, 15) is 4.79 Å². The van der Waals surface area contributed by atoms with Crippen molar-refractivity contribution in [2.45, 2.75) is 20.3 Å². The van der Waals surface area contributed by atoms with Crippen molar-refractivity contribution in [3.05, 3.63) is 11.6 Å². The van der Waals surface area contributed by atoms with Crippen molar-refractivity contribution in [2.75, 3.05) is 20.6 Å². The highest BCUT2D eigenvalue weighted by atomic mass is 35.5. The number of nitrogens with zero attached hydrogens (tertiary/aromatic N) is 1. The molecule has 0 N–H and O–H groups in total. The van der Waals surface area contributed by atoms with Crippen LogP contribution in [0.15, 0.2) is 11.6 Å². The highest BCUT2D eigenvalue weighted by Gasteiger charge is 2.02. The van der Waals surface area contributed by atoms with Crippen LogP contribution in [0.2, 0.25) is 0 Å². The third kappa shape index (κ3) is 6.38. The van der Waals surface area contributed by atoms with Crippen LogP contribution in [-0.2, 0) is 4.79 Å². The highest BCUT2D eigenvalue weighted by Crippen LogP contribution is 1.98. The molecule has 72 valence electrons. The van der Waals surface area contributed by atoms with Crippen molar-refractivity contribution in [3.8, 4) is 0 Å². The van der Waals surface area contributed by atoms with Gasteiger partial charge in [0.25, 0.3) is 0 Å². The molecule has 0 heterocycles. The number of ketones is 1. The number of rotatable bonds is 4. The summed E-state index contributed by atoms with van der Waals surface area (Å²) in [6.45, 7) is 4.59. The van der Waals surface area contributed by atoms with Gasteiger partial charge in [0.2, 0.25) is 0 Å². The Morgan fingerprint density at radius 1 is 1.42 bits per heavy atom. The Morgan fingerprint density at radius 3 is 2.25 bits per heavy atom. The zero-order valence-electron chi connectivity index (χ0n) is 8.26. The Morgan fingerprint density at radius 2 is 1.92 bits per heavy atom. The minimum atomic E-state index is 0. The van der Waals surface area contributed by atoms with Crippen LogP contribution in [0.1, 0.15) is 20.3 Å². The van der Waals surface area contributed by atoms with Gasteiger partial charge in [-0.3, -0.25) is 4.79 Å². The van der Waals surface area contributed by atoms with Crippen molar-refractivity contribution in [3.63, 3.8) is 0 Å². The van der Waals surface area contributed by atoms with Crippen LogP contribution in [-0.4, -0.2) is 31.3 Å². The van der Waals surface area contributed by atoms with Gasteiger partial charge in [-0.1, -0.05) is 6.08 Å². The number of Topliss-reactive ketones (excluding diaryl/α,β-unsaturated/α-hetero) is 1. The molecule has 0 rings (SSSR count). The zero-order valence-corrected chi connectivity index (χ0v) is 9.07. The third-order valence-electron chi connectivity index (χ3n) is 1.66. The van der Waals surface area contributed by atoms with E-state index in [2.05, 4.69) is 0 Å². The number of hydrogen-bond acceptors (Lipinski definition) is 2. The van der Waals surface area contributed by atoms with Gasteiger partial charge in [0, 0.05) is 13.0 Å². The second-order valence-corrected chi connectivity index (χ2v) is 2.95. The van der Waals surface area contributed by atoms with Crippen molar-refractivity contribution in [2.24, 2.45) is 0 Å². The van der Waals surface area contributed by atoms with E-state index in [4.69, 9.17) is 0 Å². The largest absolute Gasteiger partial charge is 0.309 e. The van der Waals surface area contributed by atoms with E-state index < -0.39 is 0 Å². The molecule has 0 aromatic rings. The summed E-state index contributed by atoms with van der Waals surface area (Å²) in [4.78, 5) is 13.2. The van der Waals surface area contributed by atoms with Gasteiger partial charge in [-0.2, -0.15) is 0 Å². The fourth-order valence-electron chi connectivity index (χ4n) is 0.683. The standard InChI is InChI=1S/C9H17NO.ClH/c1-5-8(2)9(11)6-7-10(3)4;/h5H,6-7H2,1-4H3;1H/b8-5+;. The number of carbonyl (C=O) groups is 1. The summed E-state index contributed by atoms with van der Waals surface area (Å²) in [6, 6.07) is 0. The summed E-state index contributed by atoms with van der Waals surface area (Å²) in [5, 5.41) is 0. The Hall–Kier alpha value is -0.340. The van der Waals surface area contributed by atoms with E-state index >= 15 is 0 Å². The van der Waals surface area contributed by atoms with E-state index in [0.717, 1.165) is 12.1 Å². The Labute approximate surface area is 81.0 Å². The molecule has 0 saturated carbocycles. The molecule has 12 heavy (non-hydrogen) atoms. The molecular formula is C9H18ClNO. The summed E-state index contributed by atoms with van der Waals surface area (Å²) >= 11 is 0. The Kier molecular flexibility index (Phi) is 8.66. The molecule has 0 spiro atoms. The van der Waals surface area contributed by atoms with Crippen LogP contribution in [0.3, 0.4) is 0 Å². The van der Waals surface area contributed by atoms with Gasteiger partial charge in [-0.05, 0) is 33.5 Å². The SMILES string of the molecule is C/C=C(\C)C(=O)CCN(C)C.Cl. The molecule has 0 aromatic carbocycles. The van der Waals surface area contributed by atoms with Crippen molar-refractivity contribution in [1.29, 1.82) is 0 Å². The van der Waals surface area contributed by atoms with Crippen LogP contribution >= 0.6 is 12.4 Å². The topological polar surface area (TPSA) is 20.3 Å². The minimum absolute atomic E-state index is 0. The van der Waals surface area contributed by atoms with Crippen LogP contribution < -0.4 is 0 Å². The fourth-order valence-corrected chi connectivity index (χ4v) is 0.683. The lowest BCUT2D eigenvalue weighted by molar-refractivity contribution is -0.115. The molecule has 0 atom stereocenters. The van der Waals surface area contributed by atoms with E-state index in [-0.39, 0.29) is 18.2 Å². The van der Waals surface area contributed by atoms with Crippen LogP contribution in [0.5, 0.6) is 0 Å². The fraction of sp³-hybridized carbons (Fsp3) is 0.667. The first-order chi connectivity index (χ1) is 5.07. The molecular weight excluding hydrogens is 174 g/mol. The van der Waals surface area contributed by atoms with Crippen molar-refractivity contribution in [1.82, 2.24) is 4.90 Å². The monoisotopic (exact) mass is 191 g/mol. The van der Waals surface area contributed by atoms with Crippen molar-refractivity contribution < 1.29 is 4.79 Å². The van der Waals surface area contributed by atoms with Gasteiger partial charge >= 0.3 is 0 Å². The number of hydrogen-bond donors (Lipinski definition) is 0. The molecule has 0 fully saturated rings. The predicted molar refractivity (Wildman–Crippen MR) is 54.9 cm³/mol. The molecule has 0 aliphatic rings. The zero-order chi connectivity index (χ0) is 8.85. The second-order valence-electron chi connectivity index (χ2n) is 2.95. The van der Waals surface area contributed by atoms with E-state index in [1.54, 1.807) is 0 Å². The maximum absolute atomic E-state index is 11.2. The predicted octanol–water partition coefficient (Wildman–Crippen LogP) is 1.90. The quantitative estimate of drug-likeness (QED) is 0.633. The highest BCUT2D eigenvalue weighted by molar-refractivity contribution is 5.94. The second kappa shape index (κ2) is 7.32. The molecule has 0 unspecified atom stereocenters.